The number of hydrogen-bond donors (Lipinski definition) is 0. The van der Waals surface area contributed by atoms with Gasteiger partial charge in [-0.05, 0) is 48.6 Å². The van der Waals surface area contributed by atoms with Gasteiger partial charge in [0, 0.05) is 13.1 Å². The van der Waals surface area contributed by atoms with E-state index in [0.29, 0.717) is 12.0 Å². The fraction of sp³-hybridized carbons (Fsp3) is 0.667. The van der Waals surface area contributed by atoms with Crippen LogP contribution in [-0.4, -0.2) is 40.1 Å². The molecule has 1 unspecified atom stereocenters. The Morgan fingerprint density at radius 1 is 1.25 bits per heavy atom. The van der Waals surface area contributed by atoms with Gasteiger partial charge in [-0.1, -0.05) is 0 Å². The Morgan fingerprint density at radius 2 is 1.81 bits per heavy atom. The SMILES string of the molecule is CSCCC(C)N(C)c1nc(Cl)nc(Cl)n1. The lowest BCUT2D eigenvalue weighted by Gasteiger charge is -2.24. The molecule has 0 amide bonds. The highest BCUT2D eigenvalue weighted by atomic mass is 35.5. The number of thioether (sulfide) groups is 1. The van der Waals surface area contributed by atoms with Gasteiger partial charge in [-0.3, -0.25) is 0 Å². The zero-order valence-corrected chi connectivity index (χ0v) is 11.8. The van der Waals surface area contributed by atoms with Crippen LogP contribution >= 0.6 is 35.0 Å². The second-order valence-corrected chi connectivity index (χ2v) is 5.08. The lowest BCUT2D eigenvalue weighted by molar-refractivity contribution is 0.651. The third kappa shape index (κ3) is 3.96. The number of rotatable bonds is 5. The first-order chi connectivity index (χ1) is 7.54. The maximum Gasteiger partial charge on any atom is 0.230 e. The van der Waals surface area contributed by atoms with Gasteiger partial charge in [0.1, 0.15) is 0 Å². The Bertz CT molecular complexity index is 330. The summed E-state index contributed by atoms with van der Waals surface area (Å²) >= 11 is 13.3. The Kier molecular flexibility index (Phi) is 5.58. The average Bonchev–Trinajstić information content (AvgIpc) is 2.23. The number of anilines is 1. The molecule has 90 valence electrons. The maximum absolute atomic E-state index is 5.73. The molecule has 0 spiro atoms. The van der Waals surface area contributed by atoms with Crippen molar-refractivity contribution in [2.24, 2.45) is 0 Å². The third-order valence-electron chi connectivity index (χ3n) is 2.29. The zero-order chi connectivity index (χ0) is 12.1. The molecule has 0 saturated carbocycles. The molecule has 1 atom stereocenters. The molecular weight excluding hydrogens is 267 g/mol. The summed E-state index contributed by atoms with van der Waals surface area (Å²) in [6, 6.07) is 0.335. The molecule has 0 fully saturated rings. The molecule has 4 nitrogen and oxygen atoms in total. The first-order valence-corrected chi connectivity index (χ1v) is 6.98. The molecule has 7 heteroatoms. The molecule has 16 heavy (non-hydrogen) atoms. The van der Waals surface area contributed by atoms with E-state index in [1.54, 1.807) is 0 Å². The largest absolute Gasteiger partial charge is 0.341 e. The van der Waals surface area contributed by atoms with Crippen molar-refractivity contribution in [3.63, 3.8) is 0 Å². The van der Waals surface area contributed by atoms with Gasteiger partial charge >= 0.3 is 0 Å². The van der Waals surface area contributed by atoms with Crippen LogP contribution in [0.3, 0.4) is 0 Å². The topological polar surface area (TPSA) is 41.9 Å². The van der Waals surface area contributed by atoms with Crippen LogP contribution in [0.1, 0.15) is 13.3 Å². The van der Waals surface area contributed by atoms with E-state index in [-0.39, 0.29) is 10.6 Å². The summed E-state index contributed by atoms with van der Waals surface area (Å²) < 4.78 is 0. The van der Waals surface area contributed by atoms with Gasteiger partial charge in [-0.25, -0.2) is 0 Å². The molecule has 0 aliphatic carbocycles. The van der Waals surface area contributed by atoms with Crippen molar-refractivity contribution in [3.05, 3.63) is 10.6 Å². The minimum Gasteiger partial charge on any atom is -0.341 e. The van der Waals surface area contributed by atoms with Crippen LogP contribution in [-0.2, 0) is 0 Å². The predicted molar refractivity (Wildman–Crippen MR) is 70.7 cm³/mol. The molecule has 0 aliphatic heterocycles. The number of aromatic nitrogens is 3. The summed E-state index contributed by atoms with van der Waals surface area (Å²) in [7, 11) is 1.92. The predicted octanol–water partition coefficient (Wildman–Crippen LogP) is 2.76. The van der Waals surface area contributed by atoms with Crippen molar-refractivity contribution < 1.29 is 0 Å². The van der Waals surface area contributed by atoms with Crippen LogP contribution in [0.15, 0.2) is 0 Å². The molecule has 0 radical (unpaired) electrons. The van der Waals surface area contributed by atoms with Crippen LogP contribution in [0.5, 0.6) is 0 Å². The van der Waals surface area contributed by atoms with Gasteiger partial charge in [0.05, 0.1) is 0 Å². The smallest absolute Gasteiger partial charge is 0.230 e. The van der Waals surface area contributed by atoms with Gasteiger partial charge in [-0.15, -0.1) is 0 Å². The molecule has 1 rings (SSSR count). The van der Waals surface area contributed by atoms with E-state index in [1.165, 1.54) is 0 Å². The van der Waals surface area contributed by atoms with Crippen LogP contribution in [0.2, 0.25) is 10.6 Å². The van der Waals surface area contributed by atoms with E-state index in [0.717, 1.165) is 12.2 Å². The van der Waals surface area contributed by atoms with Gasteiger partial charge in [-0.2, -0.15) is 26.7 Å². The Balaban J connectivity index is 2.74. The van der Waals surface area contributed by atoms with Crippen molar-refractivity contribution in [3.8, 4) is 0 Å². The van der Waals surface area contributed by atoms with E-state index in [4.69, 9.17) is 23.2 Å². The Hall–Kier alpha value is -0.260. The van der Waals surface area contributed by atoms with Crippen LogP contribution in [0.25, 0.3) is 0 Å². The van der Waals surface area contributed by atoms with Gasteiger partial charge < -0.3 is 4.90 Å². The third-order valence-corrected chi connectivity index (χ3v) is 3.27. The molecule has 0 bridgehead atoms. The molecule has 1 aromatic heterocycles. The van der Waals surface area contributed by atoms with Gasteiger partial charge in [0.2, 0.25) is 16.5 Å². The quantitative estimate of drug-likeness (QED) is 0.830. The maximum atomic E-state index is 5.73. The van der Waals surface area contributed by atoms with Crippen molar-refractivity contribution in [2.75, 3.05) is 24.0 Å². The Labute approximate surface area is 110 Å². The van der Waals surface area contributed by atoms with Crippen molar-refractivity contribution in [2.45, 2.75) is 19.4 Å². The van der Waals surface area contributed by atoms with E-state index in [9.17, 15) is 0 Å². The molecule has 0 saturated heterocycles. The second kappa shape index (κ2) is 6.47. The van der Waals surface area contributed by atoms with Crippen molar-refractivity contribution >= 4 is 40.9 Å². The molecule has 0 aromatic carbocycles. The summed E-state index contributed by atoms with van der Waals surface area (Å²) in [5.74, 6) is 1.61. The summed E-state index contributed by atoms with van der Waals surface area (Å²) in [5, 5.41) is 0.248. The Morgan fingerprint density at radius 3 is 2.31 bits per heavy atom. The standard InChI is InChI=1S/C9H14Cl2N4S/c1-6(4-5-16-3)15(2)9-13-7(10)12-8(11)14-9/h6H,4-5H2,1-3H3. The van der Waals surface area contributed by atoms with E-state index < -0.39 is 0 Å². The lowest BCUT2D eigenvalue weighted by atomic mass is 10.2. The van der Waals surface area contributed by atoms with Crippen LogP contribution in [0, 0.1) is 0 Å². The highest BCUT2D eigenvalue weighted by Gasteiger charge is 2.14. The first-order valence-electron chi connectivity index (χ1n) is 4.83. The minimum atomic E-state index is 0.124. The van der Waals surface area contributed by atoms with Gasteiger partial charge in [0.25, 0.3) is 0 Å². The monoisotopic (exact) mass is 280 g/mol. The van der Waals surface area contributed by atoms with E-state index in [2.05, 4.69) is 28.1 Å². The summed E-state index contributed by atoms with van der Waals surface area (Å²) in [6.45, 7) is 2.11. The molecule has 0 N–H and O–H groups in total. The van der Waals surface area contributed by atoms with Crippen LogP contribution < -0.4 is 4.90 Å². The zero-order valence-electron chi connectivity index (χ0n) is 9.44. The highest BCUT2D eigenvalue weighted by molar-refractivity contribution is 7.98. The molecule has 1 heterocycles. The number of hydrogen-bond acceptors (Lipinski definition) is 5. The van der Waals surface area contributed by atoms with Crippen molar-refractivity contribution in [1.82, 2.24) is 15.0 Å². The highest BCUT2D eigenvalue weighted by Crippen LogP contribution is 2.16. The summed E-state index contributed by atoms with van der Waals surface area (Å²) in [5.41, 5.74) is 0. The molecule has 0 aliphatic rings. The van der Waals surface area contributed by atoms with E-state index >= 15 is 0 Å². The molecule has 1 aromatic rings. The second-order valence-electron chi connectivity index (χ2n) is 3.41. The lowest BCUT2D eigenvalue weighted by Crippen LogP contribution is -2.31. The number of nitrogens with zero attached hydrogens (tertiary/aromatic N) is 4. The minimum absolute atomic E-state index is 0.124. The number of halogens is 2. The van der Waals surface area contributed by atoms with Crippen LogP contribution in [0.4, 0.5) is 5.95 Å². The summed E-state index contributed by atoms with van der Waals surface area (Å²) in [4.78, 5) is 13.8. The van der Waals surface area contributed by atoms with Gasteiger partial charge in [0.15, 0.2) is 0 Å². The van der Waals surface area contributed by atoms with E-state index in [1.807, 2.05) is 23.7 Å². The fourth-order valence-electron chi connectivity index (χ4n) is 1.15. The van der Waals surface area contributed by atoms with Crippen molar-refractivity contribution in [1.29, 1.82) is 0 Å². The average molecular weight is 281 g/mol. The first kappa shape index (κ1) is 13.8. The normalized spacial score (nSPS) is 12.6. The molecular formula is C9H14Cl2N4S. The fourth-order valence-corrected chi connectivity index (χ4v) is 2.08. The summed E-state index contributed by atoms with van der Waals surface area (Å²) in [6.07, 6.45) is 3.14.